The van der Waals surface area contributed by atoms with Gasteiger partial charge in [-0.3, -0.25) is 4.79 Å². The molecule has 1 aliphatic rings. The lowest BCUT2D eigenvalue weighted by Crippen LogP contribution is -2.60. The van der Waals surface area contributed by atoms with Crippen LogP contribution in [-0.4, -0.2) is 68.7 Å². The summed E-state index contributed by atoms with van der Waals surface area (Å²) in [5.74, 6) is 1.44. The van der Waals surface area contributed by atoms with Crippen molar-refractivity contribution >= 4 is 29.8 Å². The van der Waals surface area contributed by atoms with Crippen molar-refractivity contribution in [2.24, 2.45) is 5.92 Å². The van der Waals surface area contributed by atoms with Crippen LogP contribution in [0, 0.1) is 5.92 Å². The van der Waals surface area contributed by atoms with E-state index in [2.05, 4.69) is 10.6 Å². The second kappa shape index (κ2) is 14.9. The zero-order chi connectivity index (χ0) is 33.5. The Morgan fingerprint density at radius 1 is 0.889 bits per heavy atom. The summed E-state index contributed by atoms with van der Waals surface area (Å²) < 4.78 is 27.6. The van der Waals surface area contributed by atoms with Crippen LogP contribution in [0.5, 0.6) is 23.0 Å². The first-order chi connectivity index (χ1) is 21.2. The second-order valence-corrected chi connectivity index (χ2v) is 12.6. The molecule has 0 bridgehead atoms. The first-order valence-corrected chi connectivity index (χ1v) is 15.1. The minimum atomic E-state index is -0.869. The van der Waals surface area contributed by atoms with Crippen molar-refractivity contribution in [3.8, 4) is 23.0 Å². The number of amides is 2. The molecule has 3 rings (SSSR count). The molecule has 0 spiro atoms. The molecule has 0 unspecified atom stereocenters. The van der Waals surface area contributed by atoms with Crippen molar-refractivity contribution in [1.82, 2.24) is 10.4 Å². The van der Waals surface area contributed by atoms with E-state index in [0.29, 0.717) is 47.9 Å². The van der Waals surface area contributed by atoms with E-state index in [1.165, 1.54) is 7.11 Å². The number of hydrogen-bond donors (Lipinski definition) is 2. The third-order valence-electron chi connectivity index (χ3n) is 8.23. The van der Waals surface area contributed by atoms with Gasteiger partial charge in [-0.05, 0) is 69.0 Å². The number of benzene rings is 2. The maximum atomic E-state index is 13.6. The number of piperidine rings is 1. The topological polar surface area (TPSA) is 127 Å². The fourth-order valence-electron chi connectivity index (χ4n) is 5.80. The van der Waals surface area contributed by atoms with Gasteiger partial charge in [0.15, 0.2) is 11.5 Å². The van der Waals surface area contributed by atoms with Crippen molar-refractivity contribution in [3.05, 3.63) is 41.5 Å². The van der Waals surface area contributed by atoms with Gasteiger partial charge in [0.1, 0.15) is 17.9 Å². The summed E-state index contributed by atoms with van der Waals surface area (Å²) in [6, 6.07) is 8.20. The number of hydroxylamine groups is 2. The Morgan fingerprint density at radius 3 is 1.96 bits per heavy atom. The minimum Gasteiger partial charge on any atom is -0.495 e. The lowest BCUT2D eigenvalue weighted by Gasteiger charge is -2.49. The summed E-state index contributed by atoms with van der Waals surface area (Å²) in [7, 11) is 6.19. The number of carbonyl (C=O) groups excluding carboxylic acids is 2. The summed E-state index contributed by atoms with van der Waals surface area (Å²) in [6.45, 7) is 11.2. The molecule has 1 fully saturated rings. The summed E-state index contributed by atoms with van der Waals surface area (Å²) in [5.41, 5.74) is 0.674. The van der Waals surface area contributed by atoms with Crippen LogP contribution in [0.25, 0.3) is 12.2 Å². The van der Waals surface area contributed by atoms with Crippen molar-refractivity contribution in [3.63, 3.8) is 0 Å². The van der Waals surface area contributed by atoms with Crippen molar-refractivity contribution in [1.29, 1.82) is 0 Å². The van der Waals surface area contributed by atoms with Gasteiger partial charge in [-0.2, -0.15) is 0 Å². The molecule has 1 heterocycles. The number of hydrogen-bond acceptors (Lipinski definition) is 8. The van der Waals surface area contributed by atoms with E-state index in [4.69, 9.17) is 23.7 Å². The number of carbonyl (C=O) groups is 2. The third kappa shape index (κ3) is 8.61. The maximum Gasteiger partial charge on any atom is 0.408 e. The van der Waals surface area contributed by atoms with Gasteiger partial charge in [0.25, 0.3) is 0 Å². The van der Waals surface area contributed by atoms with Crippen LogP contribution >= 0.6 is 0 Å². The zero-order valence-corrected chi connectivity index (χ0v) is 28.1. The van der Waals surface area contributed by atoms with Gasteiger partial charge < -0.3 is 34.3 Å². The third-order valence-corrected chi connectivity index (χ3v) is 8.23. The van der Waals surface area contributed by atoms with Crippen molar-refractivity contribution < 1.29 is 38.5 Å². The van der Waals surface area contributed by atoms with Crippen LogP contribution in [0.4, 0.5) is 10.5 Å². The smallest absolute Gasteiger partial charge is 0.408 e. The van der Waals surface area contributed by atoms with Gasteiger partial charge in [-0.25, -0.2) is 4.79 Å². The summed E-state index contributed by atoms with van der Waals surface area (Å²) in [6.07, 6.45) is 4.03. The Kier molecular flexibility index (Phi) is 11.7. The van der Waals surface area contributed by atoms with Gasteiger partial charge in [0.2, 0.25) is 11.7 Å². The normalized spacial score (nSPS) is 17.7. The fourth-order valence-corrected chi connectivity index (χ4v) is 5.80. The van der Waals surface area contributed by atoms with Crippen LogP contribution < -0.4 is 29.6 Å². The standard InChI is InChI=1S/C34H48N3O8/c1-11-21(2)29(36-32(39)45-24-19-33(3,4)37(40)34(5,6)20-24)31(38)35-25-16-22(14-15-26(25)41-7)12-13-23-17-27(42-8)30(44-10)28(18-23)43-9/h12-18,21,24,29H,11,19-20H2,1-10H3,(H,35,38)(H,36,39)/b13-12-/t21-,29-/m0/s1. The first kappa shape index (κ1) is 35.5. The molecule has 2 aromatic carbocycles. The first-order valence-electron chi connectivity index (χ1n) is 15.1. The highest BCUT2D eigenvalue weighted by Crippen LogP contribution is 2.39. The highest BCUT2D eigenvalue weighted by Gasteiger charge is 2.47. The summed E-state index contributed by atoms with van der Waals surface area (Å²) in [4.78, 5) is 26.7. The van der Waals surface area contributed by atoms with Crippen molar-refractivity contribution in [2.75, 3.05) is 33.8 Å². The Morgan fingerprint density at radius 2 is 1.44 bits per heavy atom. The van der Waals surface area contributed by atoms with Crippen LogP contribution in [0.1, 0.15) is 71.9 Å². The number of ether oxygens (including phenoxy) is 5. The molecule has 2 atom stereocenters. The molecule has 11 nitrogen and oxygen atoms in total. The average Bonchev–Trinajstić information content (AvgIpc) is 3.00. The molecular formula is C34H48N3O8. The van der Waals surface area contributed by atoms with E-state index >= 15 is 0 Å². The van der Waals surface area contributed by atoms with Gasteiger partial charge in [-0.1, -0.05) is 38.5 Å². The predicted molar refractivity (Wildman–Crippen MR) is 173 cm³/mol. The minimum absolute atomic E-state index is 0.192. The predicted octanol–water partition coefficient (Wildman–Crippen LogP) is 6.34. The monoisotopic (exact) mass is 626 g/mol. The van der Waals surface area contributed by atoms with E-state index < -0.39 is 35.2 Å². The zero-order valence-electron chi connectivity index (χ0n) is 28.1. The molecular weight excluding hydrogens is 578 g/mol. The van der Waals surface area contributed by atoms with Gasteiger partial charge in [-0.15, -0.1) is 10.3 Å². The van der Waals surface area contributed by atoms with E-state index in [9.17, 15) is 14.8 Å². The number of nitrogens with zero attached hydrogens (tertiary/aromatic N) is 1. The van der Waals surface area contributed by atoms with Gasteiger partial charge in [0, 0.05) is 23.9 Å². The molecule has 1 radical (unpaired) electrons. The molecule has 2 N–H and O–H groups in total. The molecule has 1 aliphatic heterocycles. The van der Waals surface area contributed by atoms with Crippen LogP contribution in [-0.2, 0) is 14.7 Å². The maximum absolute atomic E-state index is 13.6. The Labute approximate surface area is 266 Å². The number of rotatable bonds is 12. The SMILES string of the molecule is CC[C@H](C)[C@H](NC(=O)OC1CC(C)(C)N([O])C(C)(C)C1)C(=O)Nc1cc(/C=C\c2cc(OC)c(OC)c(OC)c2)ccc1OC. The lowest BCUT2D eigenvalue weighted by atomic mass is 9.80. The van der Waals surface area contributed by atoms with Crippen LogP contribution in [0.3, 0.4) is 0 Å². The van der Waals surface area contributed by atoms with Gasteiger partial charge in [0.05, 0.1) is 34.1 Å². The summed E-state index contributed by atoms with van der Waals surface area (Å²) >= 11 is 0. The molecule has 0 saturated carbocycles. The second-order valence-electron chi connectivity index (χ2n) is 12.6. The Balaban J connectivity index is 1.79. The summed E-state index contributed by atoms with van der Waals surface area (Å²) in [5, 5.41) is 19.5. The molecule has 0 aromatic heterocycles. The van der Waals surface area contributed by atoms with Crippen molar-refractivity contribution in [2.45, 2.75) is 84.0 Å². The fraction of sp³-hybridized carbons (Fsp3) is 0.529. The van der Waals surface area contributed by atoms with E-state index in [0.717, 1.165) is 16.2 Å². The van der Waals surface area contributed by atoms with Crippen LogP contribution in [0.15, 0.2) is 30.3 Å². The molecule has 2 aromatic rings. The van der Waals surface area contributed by atoms with Crippen LogP contribution in [0.2, 0.25) is 0 Å². The average molecular weight is 627 g/mol. The molecule has 0 aliphatic carbocycles. The van der Waals surface area contributed by atoms with Gasteiger partial charge >= 0.3 is 6.09 Å². The Bertz CT molecular complexity index is 1330. The Hall–Kier alpha value is -3.96. The largest absolute Gasteiger partial charge is 0.495 e. The number of methoxy groups -OCH3 is 4. The van der Waals surface area contributed by atoms with E-state index in [1.54, 1.807) is 33.5 Å². The number of anilines is 1. The van der Waals surface area contributed by atoms with E-state index in [-0.39, 0.29) is 5.92 Å². The molecule has 45 heavy (non-hydrogen) atoms. The highest BCUT2D eigenvalue weighted by atomic mass is 16.6. The molecule has 2 amide bonds. The highest BCUT2D eigenvalue weighted by molar-refractivity contribution is 5.98. The lowest BCUT2D eigenvalue weighted by molar-refractivity contribution is -0.298. The number of alkyl carbamates (subject to hydrolysis) is 1. The number of nitrogens with one attached hydrogen (secondary N) is 2. The molecule has 11 heteroatoms. The quantitative estimate of drug-likeness (QED) is 0.262. The molecule has 1 saturated heterocycles. The van der Waals surface area contributed by atoms with E-state index in [1.807, 2.05) is 71.9 Å². The molecule has 247 valence electrons.